The van der Waals surface area contributed by atoms with Gasteiger partial charge in [-0.2, -0.15) is 9.29 Å². The third-order valence-corrected chi connectivity index (χ3v) is 8.61. The molecule has 1 aromatic heterocycles. The predicted octanol–water partition coefficient (Wildman–Crippen LogP) is 1.11. The highest BCUT2D eigenvalue weighted by Gasteiger charge is 2.33. The van der Waals surface area contributed by atoms with Crippen molar-refractivity contribution in [1.82, 2.24) is 14.6 Å². The van der Waals surface area contributed by atoms with Gasteiger partial charge in [-0.05, 0) is 30.3 Å². The first-order valence-corrected chi connectivity index (χ1v) is 13.6. The van der Waals surface area contributed by atoms with E-state index in [-0.39, 0.29) is 35.3 Å². The van der Waals surface area contributed by atoms with Gasteiger partial charge >= 0.3 is 0 Å². The molecule has 12 heteroatoms. The molecule has 1 aliphatic heterocycles. The number of fused-ring (bicyclic) bond motifs is 1. The molecule has 2 heterocycles. The Morgan fingerprint density at radius 2 is 1.76 bits per heavy atom. The van der Waals surface area contributed by atoms with E-state index in [0.717, 1.165) is 6.26 Å². The fourth-order valence-electron chi connectivity index (χ4n) is 3.65. The fourth-order valence-corrected chi connectivity index (χ4v) is 6.68. The van der Waals surface area contributed by atoms with E-state index in [4.69, 9.17) is 10.8 Å². The van der Waals surface area contributed by atoms with E-state index in [0.29, 0.717) is 35.8 Å². The number of hydrogen-bond donors (Lipinski definition) is 1. The number of sulfone groups is 1. The lowest BCUT2D eigenvalue weighted by Crippen LogP contribution is -2.49. The highest BCUT2D eigenvalue weighted by Crippen LogP contribution is 2.27. The average molecular weight is 503 g/mol. The molecule has 0 aliphatic carbocycles. The van der Waals surface area contributed by atoms with Gasteiger partial charge < -0.3 is 14.6 Å². The van der Waals surface area contributed by atoms with Crippen molar-refractivity contribution in [2.24, 2.45) is 0 Å². The van der Waals surface area contributed by atoms with Crippen molar-refractivity contribution < 1.29 is 26.0 Å². The second-order valence-electron chi connectivity index (χ2n) is 7.68. The van der Waals surface area contributed by atoms with Gasteiger partial charge in [0.05, 0.1) is 11.4 Å². The number of aromatic nitrogens is 1. The van der Waals surface area contributed by atoms with Crippen molar-refractivity contribution in [3.05, 3.63) is 48.0 Å². The van der Waals surface area contributed by atoms with Crippen LogP contribution in [0.1, 0.15) is 10.4 Å². The first kappa shape index (κ1) is 23.7. The highest BCUT2D eigenvalue weighted by molar-refractivity contribution is 7.93. The van der Waals surface area contributed by atoms with E-state index in [9.17, 15) is 21.6 Å². The smallest absolute Gasteiger partial charge is 0.298 e. The Hall–Kier alpha value is -3.40. The van der Waals surface area contributed by atoms with Crippen LogP contribution in [0.4, 0.5) is 6.01 Å². The molecule has 2 aromatic carbocycles. The maximum Gasteiger partial charge on any atom is 0.298 e. The zero-order valence-electron chi connectivity index (χ0n) is 18.3. The Kier molecular flexibility index (Phi) is 6.35. The molecule has 1 saturated heterocycles. The molecule has 3 aromatic rings. The summed E-state index contributed by atoms with van der Waals surface area (Å²) < 4.78 is 57.5. The molecule has 0 spiro atoms. The number of terminal acetylenes is 1. The van der Waals surface area contributed by atoms with Gasteiger partial charge in [0, 0.05) is 38.0 Å². The van der Waals surface area contributed by atoms with Gasteiger partial charge in [-0.3, -0.25) is 4.79 Å². The first-order valence-electron chi connectivity index (χ1n) is 10.3. The number of hydrogen-bond acceptors (Lipinski definition) is 8. The maximum absolute atomic E-state index is 13.2. The molecule has 178 valence electrons. The number of oxazole rings is 1. The summed E-state index contributed by atoms with van der Waals surface area (Å²) in [5, 5.41) is 2.59. The van der Waals surface area contributed by atoms with Crippen LogP contribution in [0.2, 0.25) is 0 Å². The monoisotopic (exact) mass is 502 g/mol. The van der Waals surface area contributed by atoms with Crippen LogP contribution in [0.15, 0.2) is 56.7 Å². The third kappa shape index (κ3) is 4.63. The predicted molar refractivity (Wildman–Crippen MR) is 126 cm³/mol. The van der Waals surface area contributed by atoms with Crippen LogP contribution in [-0.4, -0.2) is 71.0 Å². The second-order valence-corrected chi connectivity index (χ2v) is 11.6. The zero-order chi connectivity index (χ0) is 24.5. The van der Waals surface area contributed by atoms with Crippen LogP contribution in [0.5, 0.6) is 0 Å². The summed E-state index contributed by atoms with van der Waals surface area (Å²) >= 11 is 0. The molecule has 0 bridgehead atoms. The molecule has 1 N–H and O–H groups in total. The van der Waals surface area contributed by atoms with Crippen molar-refractivity contribution in [3.8, 4) is 12.3 Å². The number of carbonyl (C=O) groups excluding carboxylic acids is 1. The van der Waals surface area contributed by atoms with E-state index < -0.39 is 19.9 Å². The number of amides is 1. The minimum absolute atomic E-state index is 0.114. The van der Waals surface area contributed by atoms with Crippen LogP contribution < -0.4 is 10.2 Å². The lowest BCUT2D eigenvalue weighted by atomic mass is 10.2. The number of rotatable bonds is 6. The number of nitrogens with zero attached hydrogens (tertiary/aromatic N) is 3. The summed E-state index contributed by atoms with van der Waals surface area (Å²) in [6.07, 6.45) is 6.14. The molecular formula is C22H22N4O6S2. The van der Waals surface area contributed by atoms with Gasteiger partial charge in [0.2, 0.25) is 10.0 Å². The lowest BCUT2D eigenvalue weighted by molar-refractivity contribution is 0.0959. The Morgan fingerprint density at radius 1 is 1.09 bits per heavy atom. The molecule has 1 aliphatic rings. The number of benzene rings is 2. The quantitative estimate of drug-likeness (QED) is 0.496. The standard InChI is InChI=1S/C22H22N4O6S2/c1-3-10-23-21(27)16-8-9-18-17(15-16)24-22(32-18)25-11-13-26(14-12-25)34(30,31)20-7-5-4-6-19(20)33(2,28)29/h1,4-9,15H,10-14H2,2H3,(H,23,27). The number of nitrogens with one attached hydrogen (secondary N) is 1. The van der Waals surface area contributed by atoms with Crippen LogP contribution in [-0.2, 0) is 19.9 Å². The molecule has 34 heavy (non-hydrogen) atoms. The molecular weight excluding hydrogens is 480 g/mol. The zero-order valence-corrected chi connectivity index (χ0v) is 19.9. The number of piperazine rings is 1. The van der Waals surface area contributed by atoms with Crippen LogP contribution >= 0.6 is 0 Å². The molecule has 1 fully saturated rings. The normalized spacial score (nSPS) is 15.2. The van der Waals surface area contributed by atoms with Crippen LogP contribution in [0.25, 0.3) is 11.1 Å². The van der Waals surface area contributed by atoms with Crippen molar-refractivity contribution in [1.29, 1.82) is 0 Å². The van der Waals surface area contributed by atoms with Crippen molar-refractivity contribution in [2.75, 3.05) is 43.9 Å². The van der Waals surface area contributed by atoms with E-state index >= 15 is 0 Å². The maximum atomic E-state index is 13.2. The SMILES string of the molecule is C#CCNC(=O)c1ccc2oc(N3CCN(S(=O)(=O)c4ccccc4S(C)(=O)=O)CC3)nc2c1. The molecule has 0 atom stereocenters. The van der Waals surface area contributed by atoms with E-state index in [1.807, 2.05) is 0 Å². The van der Waals surface area contributed by atoms with Crippen molar-refractivity contribution >= 4 is 42.9 Å². The van der Waals surface area contributed by atoms with Gasteiger partial charge in [0.15, 0.2) is 15.4 Å². The van der Waals surface area contributed by atoms with E-state index in [1.54, 1.807) is 23.1 Å². The first-order chi connectivity index (χ1) is 16.1. The summed E-state index contributed by atoms with van der Waals surface area (Å²) in [5.74, 6) is 2.02. The summed E-state index contributed by atoms with van der Waals surface area (Å²) in [6.45, 7) is 0.950. The summed E-state index contributed by atoms with van der Waals surface area (Å²) in [7, 11) is -7.73. The van der Waals surface area contributed by atoms with Crippen molar-refractivity contribution in [3.63, 3.8) is 0 Å². The summed E-state index contributed by atoms with van der Waals surface area (Å²) in [6, 6.07) is 10.7. The Bertz CT molecular complexity index is 1500. The number of anilines is 1. The third-order valence-electron chi connectivity index (χ3n) is 5.37. The molecule has 10 nitrogen and oxygen atoms in total. The highest BCUT2D eigenvalue weighted by atomic mass is 32.2. The Balaban J connectivity index is 1.51. The van der Waals surface area contributed by atoms with Gasteiger partial charge in [0.25, 0.3) is 11.9 Å². The van der Waals surface area contributed by atoms with E-state index in [2.05, 4.69) is 16.2 Å². The largest absolute Gasteiger partial charge is 0.423 e. The molecule has 4 rings (SSSR count). The van der Waals surface area contributed by atoms with E-state index in [1.165, 1.54) is 28.6 Å². The molecule has 0 unspecified atom stereocenters. The van der Waals surface area contributed by atoms with Crippen molar-refractivity contribution in [2.45, 2.75) is 9.79 Å². The summed E-state index contributed by atoms with van der Waals surface area (Å²) in [4.78, 5) is 17.9. The summed E-state index contributed by atoms with van der Waals surface area (Å²) in [5.41, 5.74) is 1.36. The molecule has 0 radical (unpaired) electrons. The van der Waals surface area contributed by atoms with Crippen LogP contribution in [0, 0.1) is 12.3 Å². The van der Waals surface area contributed by atoms with Gasteiger partial charge in [-0.15, -0.1) is 6.42 Å². The topological polar surface area (TPSA) is 130 Å². The van der Waals surface area contributed by atoms with Gasteiger partial charge in [-0.1, -0.05) is 18.1 Å². The van der Waals surface area contributed by atoms with Crippen LogP contribution in [0.3, 0.4) is 0 Å². The minimum Gasteiger partial charge on any atom is -0.423 e. The number of carbonyl (C=O) groups is 1. The lowest BCUT2D eigenvalue weighted by Gasteiger charge is -2.33. The molecule has 0 saturated carbocycles. The molecule has 1 amide bonds. The number of sulfonamides is 1. The van der Waals surface area contributed by atoms with Gasteiger partial charge in [-0.25, -0.2) is 16.8 Å². The van der Waals surface area contributed by atoms with Gasteiger partial charge in [0.1, 0.15) is 10.4 Å². The fraction of sp³-hybridized carbons (Fsp3) is 0.273. The minimum atomic E-state index is -4.01. The Morgan fingerprint density at radius 3 is 2.41 bits per heavy atom. The Labute approximate surface area is 197 Å². The second kappa shape index (κ2) is 9.09. The average Bonchev–Trinajstić information content (AvgIpc) is 3.25.